The summed E-state index contributed by atoms with van der Waals surface area (Å²) in [5.41, 5.74) is 0.623. The van der Waals surface area contributed by atoms with Gasteiger partial charge in [-0.2, -0.15) is 5.26 Å². The maximum atomic E-state index is 8.86. The number of nitrogens with zero attached hydrogens (tertiary/aromatic N) is 3. The summed E-state index contributed by atoms with van der Waals surface area (Å²) >= 11 is 3.54. The third-order valence-electron chi connectivity index (χ3n) is 3.36. The highest BCUT2D eigenvalue weighted by atomic mass is 79.9. The second-order valence-corrected chi connectivity index (χ2v) is 5.61. The standard InChI is InChI=1S/C13H13BrN4O.CH4O/c1-18-3-2-8(7-18)17-13-12(14)10-4-9(5-15)19-11(10)6-16-13;1-2/h4,6,8H,2-3,7H2,1H3,(H,16,17);2H,1H3. The first-order valence-corrected chi connectivity index (χ1v) is 7.34. The molecule has 1 fully saturated rings. The topological polar surface area (TPSA) is 85.3 Å². The van der Waals surface area contributed by atoms with Crippen LogP contribution < -0.4 is 5.32 Å². The number of aliphatic hydroxyl groups is 1. The molecule has 1 aliphatic heterocycles. The molecule has 1 atom stereocenters. The smallest absolute Gasteiger partial charge is 0.204 e. The predicted octanol–water partition coefficient (Wildman–Crippen LogP) is 2.19. The molecule has 0 aromatic carbocycles. The predicted molar refractivity (Wildman–Crippen MR) is 84.1 cm³/mol. The summed E-state index contributed by atoms with van der Waals surface area (Å²) in [7, 11) is 3.11. The van der Waals surface area contributed by atoms with E-state index in [2.05, 4.69) is 38.2 Å². The summed E-state index contributed by atoms with van der Waals surface area (Å²) in [6.45, 7) is 2.11. The molecule has 2 aromatic rings. The molecule has 0 aliphatic carbocycles. The average Bonchev–Trinajstić information content (AvgIpc) is 3.10. The van der Waals surface area contributed by atoms with Crippen molar-refractivity contribution in [2.45, 2.75) is 12.5 Å². The number of likely N-dealkylation sites (N-methyl/N-ethyl adjacent to an activating group) is 1. The van der Waals surface area contributed by atoms with Crippen molar-refractivity contribution in [3.05, 3.63) is 22.5 Å². The zero-order valence-corrected chi connectivity index (χ0v) is 13.5. The number of aliphatic hydroxyl groups excluding tert-OH is 1. The Morgan fingerprint density at radius 3 is 2.95 bits per heavy atom. The van der Waals surface area contributed by atoms with Crippen molar-refractivity contribution >= 4 is 32.7 Å². The molecule has 1 aliphatic rings. The lowest BCUT2D eigenvalue weighted by molar-refractivity contribution is 0.399. The van der Waals surface area contributed by atoms with Gasteiger partial charge in [0.2, 0.25) is 5.76 Å². The van der Waals surface area contributed by atoms with Gasteiger partial charge in [-0.15, -0.1) is 0 Å². The first kappa shape index (κ1) is 15.8. The third-order valence-corrected chi connectivity index (χ3v) is 4.16. The molecule has 112 valence electrons. The van der Waals surface area contributed by atoms with Gasteiger partial charge in [0.25, 0.3) is 0 Å². The van der Waals surface area contributed by atoms with Crippen LogP contribution in [0.25, 0.3) is 11.0 Å². The fourth-order valence-corrected chi connectivity index (χ4v) is 2.91. The normalized spacial score (nSPS) is 18.1. The van der Waals surface area contributed by atoms with Gasteiger partial charge in [0.05, 0.1) is 10.7 Å². The van der Waals surface area contributed by atoms with Crippen LogP contribution in [0.2, 0.25) is 0 Å². The summed E-state index contributed by atoms with van der Waals surface area (Å²) in [5, 5.41) is 20.2. The second kappa shape index (κ2) is 6.89. The van der Waals surface area contributed by atoms with Gasteiger partial charge < -0.3 is 19.7 Å². The Labute approximate surface area is 131 Å². The Morgan fingerprint density at radius 2 is 2.33 bits per heavy atom. The number of likely N-dealkylation sites (tertiary alicyclic amines) is 1. The zero-order chi connectivity index (χ0) is 15.4. The molecule has 0 amide bonds. The van der Waals surface area contributed by atoms with Crippen LogP contribution in [0.5, 0.6) is 0 Å². The van der Waals surface area contributed by atoms with Crippen LogP contribution in [0.1, 0.15) is 12.2 Å². The Kier molecular flexibility index (Phi) is 5.17. The van der Waals surface area contributed by atoms with Gasteiger partial charge in [-0.3, -0.25) is 0 Å². The summed E-state index contributed by atoms with van der Waals surface area (Å²) in [5.74, 6) is 1.10. The molecule has 0 radical (unpaired) electrons. The van der Waals surface area contributed by atoms with Crippen molar-refractivity contribution in [1.82, 2.24) is 9.88 Å². The number of nitrogens with one attached hydrogen (secondary N) is 1. The minimum Gasteiger partial charge on any atom is -0.444 e. The molecule has 0 bridgehead atoms. The lowest BCUT2D eigenvalue weighted by Crippen LogP contribution is -2.24. The largest absolute Gasteiger partial charge is 0.444 e. The van der Waals surface area contributed by atoms with E-state index in [-0.39, 0.29) is 0 Å². The molecule has 1 unspecified atom stereocenters. The van der Waals surface area contributed by atoms with E-state index in [1.54, 1.807) is 12.3 Å². The van der Waals surface area contributed by atoms with E-state index in [0.717, 1.165) is 42.3 Å². The van der Waals surface area contributed by atoms with Crippen molar-refractivity contribution in [3.8, 4) is 6.07 Å². The number of rotatable bonds is 2. The minimum atomic E-state index is 0.301. The van der Waals surface area contributed by atoms with Crippen LogP contribution >= 0.6 is 15.9 Å². The molecule has 2 N–H and O–H groups in total. The summed E-state index contributed by atoms with van der Waals surface area (Å²) in [4.78, 5) is 6.65. The zero-order valence-electron chi connectivity index (χ0n) is 11.9. The van der Waals surface area contributed by atoms with Crippen molar-refractivity contribution < 1.29 is 9.52 Å². The first-order valence-electron chi connectivity index (χ1n) is 6.55. The monoisotopic (exact) mass is 352 g/mol. The summed E-state index contributed by atoms with van der Waals surface area (Å²) in [6, 6.07) is 4.14. The summed E-state index contributed by atoms with van der Waals surface area (Å²) in [6.07, 6.45) is 2.76. The van der Waals surface area contributed by atoms with E-state index >= 15 is 0 Å². The van der Waals surface area contributed by atoms with E-state index in [1.165, 1.54) is 0 Å². The molecule has 21 heavy (non-hydrogen) atoms. The van der Waals surface area contributed by atoms with Gasteiger partial charge in [-0.05, 0) is 35.9 Å². The molecule has 3 rings (SSSR count). The highest BCUT2D eigenvalue weighted by molar-refractivity contribution is 9.10. The Morgan fingerprint density at radius 1 is 1.57 bits per heavy atom. The van der Waals surface area contributed by atoms with Crippen LogP contribution in [0.4, 0.5) is 5.82 Å². The molecule has 0 saturated carbocycles. The van der Waals surface area contributed by atoms with Crippen molar-refractivity contribution in [3.63, 3.8) is 0 Å². The molecule has 0 spiro atoms. The molecule has 3 heterocycles. The number of anilines is 1. The van der Waals surface area contributed by atoms with Gasteiger partial charge in [-0.1, -0.05) is 0 Å². The molecule has 7 heteroatoms. The number of nitriles is 1. The Balaban J connectivity index is 0.000000774. The van der Waals surface area contributed by atoms with Crippen molar-refractivity contribution in [1.29, 1.82) is 5.26 Å². The van der Waals surface area contributed by atoms with E-state index in [9.17, 15) is 0 Å². The lowest BCUT2D eigenvalue weighted by Gasteiger charge is -2.14. The van der Waals surface area contributed by atoms with E-state index in [4.69, 9.17) is 14.8 Å². The van der Waals surface area contributed by atoms with Crippen LogP contribution in [0.15, 0.2) is 21.2 Å². The van der Waals surface area contributed by atoms with Gasteiger partial charge in [-0.25, -0.2) is 4.98 Å². The first-order chi connectivity index (χ1) is 10.2. The minimum absolute atomic E-state index is 0.301. The number of hydrogen-bond donors (Lipinski definition) is 2. The van der Waals surface area contributed by atoms with Gasteiger partial charge in [0, 0.05) is 31.1 Å². The summed E-state index contributed by atoms with van der Waals surface area (Å²) < 4.78 is 6.20. The average molecular weight is 353 g/mol. The maximum absolute atomic E-state index is 8.86. The fourth-order valence-electron chi connectivity index (χ4n) is 2.38. The van der Waals surface area contributed by atoms with E-state index < -0.39 is 0 Å². The number of fused-ring (bicyclic) bond motifs is 1. The quantitative estimate of drug-likeness (QED) is 0.861. The number of aromatic nitrogens is 1. The van der Waals surface area contributed by atoms with Crippen molar-refractivity contribution in [2.75, 3.05) is 32.6 Å². The number of hydrogen-bond acceptors (Lipinski definition) is 6. The molecule has 6 nitrogen and oxygen atoms in total. The van der Waals surface area contributed by atoms with Crippen LogP contribution in [0.3, 0.4) is 0 Å². The molecule has 2 aromatic heterocycles. The lowest BCUT2D eigenvalue weighted by atomic mass is 10.2. The van der Waals surface area contributed by atoms with Crippen LogP contribution in [-0.4, -0.2) is 48.3 Å². The SMILES string of the molecule is CN1CCC(Nc2ncc3oc(C#N)cc3c2Br)C1.CO. The Hall–Kier alpha value is -1.62. The van der Waals surface area contributed by atoms with Crippen molar-refractivity contribution in [2.24, 2.45) is 0 Å². The molecular weight excluding hydrogens is 336 g/mol. The highest BCUT2D eigenvalue weighted by Crippen LogP contribution is 2.32. The number of halogens is 1. The second-order valence-electron chi connectivity index (χ2n) is 4.81. The van der Waals surface area contributed by atoms with Gasteiger partial charge in [0.1, 0.15) is 11.9 Å². The third kappa shape index (κ3) is 3.35. The maximum Gasteiger partial charge on any atom is 0.204 e. The Bertz CT molecular complexity index is 665. The fraction of sp³-hybridized carbons (Fsp3) is 0.429. The van der Waals surface area contributed by atoms with E-state index in [1.807, 2.05) is 6.07 Å². The van der Waals surface area contributed by atoms with Gasteiger partial charge >= 0.3 is 0 Å². The van der Waals surface area contributed by atoms with E-state index in [0.29, 0.717) is 17.4 Å². The number of pyridine rings is 1. The molecular formula is C14H17BrN4O2. The number of furan rings is 1. The van der Waals surface area contributed by atoms with Crippen LogP contribution in [0, 0.1) is 11.3 Å². The van der Waals surface area contributed by atoms with Crippen LogP contribution in [-0.2, 0) is 0 Å². The molecule has 1 saturated heterocycles. The van der Waals surface area contributed by atoms with Gasteiger partial charge in [0.15, 0.2) is 5.58 Å². The highest BCUT2D eigenvalue weighted by Gasteiger charge is 2.21.